The molecule has 0 saturated carbocycles. The molecule has 2 heterocycles. The second-order valence-corrected chi connectivity index (χ2v) is 11.5. The molecule has 1 N–H and O–H groups in total. The highest BCUT2D eigenvalue weighted by molar-refractivity contribution is 7.89. The number of para-hydroxylation sites is 1. The molecule has 10 nitrogen and oxygen atoms in total. The number of methoxy groups -OCH3 is 1. The number of carbonyl (C=O) groups excluding carboxylic acids is 1. The van der Waals surface area contributed by atoms with Gasteiger partial charge in [-0.2, -0.15) is 14.7 Å². The molecule has 0 aliphatic carbocycles. The third kappa shape index (κ3) is 6.84. The summed E-state index contributed by atoms with van der Waals surface area (Å²) in [5.41, 5.74) is 2.15. The average molecular weight is 564 g/mol. The lowest BCUT2D eigenvalue weighted by atomic mass is 10.1. The van der Waals surface area contributed by atoms with Gasteiger partial charge in [0.2, 0.25) is 10.0 Å². The van der Waals surface area contributed by atoms with Crippen LogP contribution in [0.2, 0.25) is 0 Å². The van der Waals surface area contributed by atoms with Crippen molar-refractivity contribution in [3.8, 4) is 23.0 Å². The molecule has 0 radical (unpaired) electrons. The topological polar surface area (TPSA) is 127 Å². The number of hydrogen-bond donors (Lipinski definition) is 1. The molecule has 1 aliphatic heterocycles. The summed E-state index contributed by atoms with van der Waals surface area (Å²) >= 11 is 0. The second kappa shape index (κ2) is 13.0. The number of aromatic nitrogens is 2. The minimum Gasteiger partial charge on any atom is -0.385 e. The number of carbonyl (C=O) groups is 1. The standard InChI is InChI=1S/C29H33N5O5S/c1-21-18-33(19-22(2)39-21)40(36,37)27-12-7-9-23(16-27)28-25(20-34(32-28)26-10-5-4-6-11-26)15-24(17-30)29(35)31-13-8-14-38-3/h4-7,9-12,15-16,20-22H,8,13-14,18-19H2,1-3H3,(H,31,35). The van der Waals surface area contributed by atoms with Crippen molar-refractivity contribution in [1.82, 2.24) is 19.4 Å². The Labute approximate surface area is 234 Å². The zero-order valence-electron chi connectivity index (χ0n) is 22.8. The fraction of sp³-hybridized carbons (Fsp3) is 0.345. The van der Waals surface area contributed by atoms with Gasteiger partial charge in [0.25, 0.3) is 5.91 Å². The molecule has 210 valence electrons. The van der Waals surface area contributed by atoms with Crippen LogP contribution in [0, 0.1) is 11.3 Å². The van der Waals surface area contributed by atoms with Crippen LogP contribution in [0.1, 0.15) is 25.8 Å². The van der Waals surface area contributed by atoms with E-state index in [-0.39, 0.29) is 35.8 Å². The van der Waals surface area contributed by atoms with Gasteiger partial charge in [0.05, 0.1) is 22.8 Å². The lowest BCUT2D eigenvalue weighted by Crippen LogP contribution is -2.48. The predicted molar refractivity (Wildman–Crippen MR) is 151 cm³/mol. The van der Waals surface area contributed by atoms with Crippen molar-refractivity contribution >= 4 is 22.0 Å². The first kappa shape index (κ1) is 29.2. The molecule has 1 aromatic heterocycles. The third-order valence-electron chi connectivity index (χ3n) is 6.37. The highest BCUT2D eigenvalue weighted by atomic mass is 32.2. The Morgan fingerprint density at radius 3 is 2.58 bits per heavy atom. The molecule has 2 aromatic carbocycles. The maximum atomic E-state index is 13.6. The van der Waals surface area contributed by atoms with Gasteiger partial charge in [-0.15, -0.1) is 0 Å². The van der Waals surface area contributed by atoms with Crippen LogP contribution in [-0.2, 0) is 24.3 Å². The summed E-state index contributed by atoms with van der Waals surface area (Å²) in [7, 11) is -2.22. The monoisotopic (exact) mass is 563 g/mol. The number of rotatable bonds is 10. The molecule has 1 saturated heterocycles. The van der Waals surface area contributed by atoms with Crippen LogP contribution in [0.3, 0.4) is 0 Å². The van der Waals surface area contributed by atoms with Crippen LogP contribution in [0.15, 0.2) is 71.3 Å². The van der Waals surface area contributed by atoms with E-state index in [4.69, 9.17) is 14.6 Å². The fourth-order valence-corrected chi connectivity index (χ4v) is 6.16. The molecule has 11 heteroatoms. The van der Waals surface area contributed by atoms with Crippen molar-refractivity contribution in [2.45, 2.75) is 37.4 Å². The van der Waals surface area contributed by atoms with Crippen molar-refractivity contribution in [3.05, 3.63) is 71.9 Å². The number of benzene rings is 2. The normalized spacial score (nSPS) is 18.3. The summed E-state index contributed by atoms with van der Waals surface area (Å²) in [5.74, 6) is -0.510. The first-order valence-electron chi connectivity index (χ1n) is 13.0. The summed E-state index contributed by atoms with van der Waals surface area (Å²) in [6.45, 7) is 5.08. The molecule has 40 heavy (non-hydrogen) atoms. The van der Waals surface area contributed by atoms with E-state index in [1.54, 1.807) is 42.3 Å². The first-order chi connectivity index (χ1) is 19.2. The largest absolute Gasteiger partial charge is 0.385 e. The van der Waals surface area contributed by atoms with E-state index in [1.807, 2.05) is 50.2 Å². The average Bonchev–Trinajstić information content (AvgIpc) is 3.38. The highest BCUT2D eigenvalue weighted by Crippen LogP contribution is 2.29. The van der Waals surface area contributed by atoms with E-state index < -0.39 is 15.9 Å². The lowest BCUT2D eigenvalue weighted by molar-refractivity contribution is -0.117. The van der Waals surface area contributed by atoms with Crippen LogP contribution >= 0.6 is 0 Å². The Morgan fingerprint density at radius 1 is 1.18 bits per heavy atom. The zero-order valence-corrected chi connectivity index (χ0v) is 23.6. The second-order valence-electron chi connectivity index (χ2n) is 9.59. The maximum Gasteiger partial charge on any atom is 0.261 e. The molecule has 4 rings (SSSR count). The number of ether oxygens (including phenoxy) is 2. The van der Waals surface area contributed by atoms with E-state index in [0.717, 1.165) is 5.69 Å². The van der Waals surface area contributed by atoms with Gasteiger partial charge in [-0.1, -0.05) is 30.3 Å². The Balaban J connectivity index is 1.74. The number of nitriles is 1. The molecule has 2 unspecified atom stereocenters. The van der Waals surface area contributed by atoms with Crippen molar-refractivity contribution in [1.29, 1.82) is 5.26 Å². The number of nitrogens with zero attached hydrogens (tertiary/aromatic N) is 4. The molecule has 0 spiro atoms. The molecular weight excluding hydrogens is 530 g/mol. The first-order valence-corrected chi connectivity index (χ1v) is 14.5. The van der Waals surface area contributed by atoms with E-state index in [0.29, 0.717) is 36.4 Å². The van der Waals surface area contributed by atoms with Crippen molar-refractivity contribution in [2.24, 2.45) is 0 Å². The molecule has 1 amide bonds. The summed E-state index contributed by atoms with van der Waals surface area (Å²) < 4.78 is 40.9. The minimum absolute atomic E-state index is 0.0913. The van der Waals surface area contributed by atoms with Crippen molar-refractivity contribution < 1.29 is 22.7 Å². The van der Waals surface area contributed by atoms with E-state index in [2.05, 4.69) is 5.32 Å². The van der Waals surface area contributed by atoms with Gasteiger partial charge < -0.3 is 14.8 Å². The smallest absolute Gasteiger partial charge is 0.261 e. The van der Waals surface area contributed by atoms with Crippen molar-refractivity contribution in [3.63, 3.8) is 0 Å². The SMILES string of the molecule is COCCCNC(=O)C(C#N)=Cc1cn(-c2ccccc2)nc1-c1cccc(S(=O)(=O)N2CC(C)OC(C)C2)c1. The maximum absolute atomic E-state index is 13.6. The predicted octanol–water partition coefficient (Wildman–Crippen LogP) is 3.40. The van der Waals surface area contributed by atoms with Gasteiger partial charge in [-0.3, -0.25) is 4.79 Å². The molecule has 3 aromatic rings. The van der Waals surface area contributed by atoms with Gasteiger partial charge in [0.15, 0.2) is 0 Å². The number of morpholine rings is 1. The van der Waals surface area contributed by atoms with Gasteiger partial charge in [-0.05, 0) is 50.6 Å². The van der Waals surface area contributed by atoms with Crippen LogP contribution in [0.4, 0.5) is 0 Å². The van der Waals surface area contributed by atoms with Crippen LogP contribution in [0.5, 0.6) is 0 Å². The zero-order chi connectivity index (χ0) is 28.7. The summed E-state index contributed by atoms with van der Waals surface area (Å²) in [6.07, 6.45) is 3.36. The van der Waals surface area contributed by atoms with Gasteiger partial charge in [0, 0.05) is 50.7 Å². The summed E-state index contributed by atoms with van der Waals surface area (Å²) in [6, 6.07) is 17.9. The third-order valence-corrected chi connectivity index (χ3v) is 8.20. The quantitative estimate of drug-likeness (QED) is 0.228. The minimum atomic E-state index is -3.80. The van der Waals surface area contributed by atoms with Gasteiger partial charge in [0.1, 0.15) is 17.3 Å². The summed E-state index contributed by atoms with van der Waals surface area (Å²) in [5, 5.41) is 17.2. The highest BCUT2D eigenvalue weighted by Gasteiger charge is 2.32. The van der Waals surface area contributed by atoms with E-state index >= 15 is 0 Å². The Kier molecular flexibility index (Phi) is 9.50. The van der Waals surface area contributed by atoms with Crippen LogP contribution in [-0.4, -0.2) is 74.0 Å². The number of amides is 1. The fourth-order valence-electron chi connectivity index (χ4n) is 4.53. The van der Waals surface area contributed by atoms with E-state index in [9.17, 15) is 18.5 Å². The summed E-state index contributed by atoms with van der Waals surface area (Å²) in [4.78, 5) is 12.8. The van der Waals surface area contributed by atoms with Crippen LogP contribution in [0.25, 0.3) is 23.0 Å². The Morgan fingerprint density at radius 2 is 1.90 bits per heavy atom. The van der Waals surface area contributed by atoms with Gasteiger partial charge >= 0.3 is 0 Å². The lowest BCUT2D eigenvalue weighted by Gasteiger charge is -2.34. The molecule has 2 atom stereocenters. The number of sulfonamides is 1. The Bertz CT molecular complexity index is 1500. The Hall–Kier alpha value is -3.82. The molecule has 0 bridgehead atoms. The van der Waals surface area contributed by atoms with Crippen LogP contribution < -0.4 is 5.32 Å². The molecular formula is C29H33N5O5S. The number of nitrogens with one attached hydrogen (secondary N) is 1. The number of hydrogen-bond acceptors (Lipinski definition) is 7. The molecule has 1 fully saturated rings. The van der Waals surface area contributed by atoms with Crippen molar-refractivity contribution in [2.75, 3.05) is 33.4 Å². The van der Waals surface area contributed by atoms with E-state index in [1.165, 1.54) is 10.4 Å². The van der Waals surface area contributed by atoms with Gasteiger partial charge in [-0.25, -0.2) is 13.1 Å². The molecule has 1 aliphatic rings.